The van der Waals surface area contributed by atoms with E-state index < -0.39 is 0 Å². The van der Waals surface area contributed by atoms with Crippen LogP contribution in [0.5, 0.6) is 0 Å². The van der Waals surface area contributed by atoms with Crippen LogP contribution in [0.4, 0.5) is 11.4 Å². The Morgan fingerprint density at radius 1 is 1.06 bits per heavy atom. The fourth-order valence-electron chi connectivity index (χ4n) is 1.72. The molecular formula is C14H14Br2N2. The Labute approximate surface area is 124 Å². The predicted octanol–water partition coefficient (Wildman–Crippen LogP) is 4.97. The molecule has 0 aliphatic rings. The van der Waals surface area contributed by atoms with Gasteiger partial charge < -0.3 is 11.1 Å². The molecule has 0 bridgehead atoms. The third kappa shape index (κ3) is 3.27. The maximum atomic E-state index is 5.72. The number of benzene rings is 2. The van der Waals surface area contributed by atoms with Gasteiger partial charge in [0.25, 0.3) is 0 Å². The smallest absolute Gasteiger partial charge is 0.0490 e. The summed E-state index contributed by atoms with van der Waals surface area (Å²) in [6, 6.07) is 14.3. The van der Waals surface area contributed by atoms with Crippen LogP contribution in [-0.2, 0) is 0 Å². The summed E-state index contributed by atoms with van der Waals surface area (Å²) in [5.74, 6) is 0. The molecule has 1 atom stereocenters. The van der Waals surface area contributed by atoms with Gasteiger partial charge in [0.2, 0.25) is 0 Å². The lowest BCUT2D eigenvalue weighted by Crippen LogP contribution is -2.07. The molecule has 2 rings (SSSR count). The van der Waals surface area contributed by atoms with E-state index in [-0.39, 0.29) is 6.04 Å². The van der Waals surface area contributed by atoms with Crippen molar-refractivity contribution in [1.29, 1.82) is 0 Å². The second-order valence-corrected chi connectivity index (χ2v) is 5.93. The third-order valence-corrected chi connectivity index (χ3v) is 3.92. The highest BCUT2D eigenvalue weighted by Crippen LogP contribution is 2.28. The van der Waals surface area contributed by atoms with Gasteiger partial charge in [-0.2, -0.15) is 0 Å². The quantitative estimate of drug-likeness (QED) is 0.749. The van der Waals surface area contributed by atoms with Gasteiger partial charge in [-0.15, -0.1) is 0 Å². The lowest BCUT2D eigenvalue weighted by Gasteiger charge is -2.17. The Balaban J connectivity index is 2.15. The Bertz CT molecular complexity index is 538. The Hall–Kier alpha value is -1.00. The van der Waals surface area contributed by atoms with Gasteiger partial charge in [0.05, 0.1) is 0 Å². The summed E-state index contributed by atoms with van der Waals surface area (Å²) < 4.78 is 2.07. The van der Waals surface area contributed by atoms with Crippen LogP contribution in [0, 0.1) is 0 Å². The van der Waals surface area contributed by atoms with Crippen molar-refractivity contribution in [3.63, 3.8) is 0 Å². The number of hydrogen-bond acceptors (Lipinski definition) is 2. The van der Waals surface area contributed by atoms with Gasteiger partial charge in [0.1, 0.15) is 0 Å². The van der Waals surface area contributed by atoms with Crippen LogP contribution in [0.1, 0.15) is 18.5 Å². The zero-order chi connectivity index (χ0) is 13.1. The topological polar surface area (TPSA) is 38.0 Å². The molecular weight excluding hydrogens is 356 g/mol. The third-order valence-electron chi connectivity index (χ3n) is 2.74. The van der Waals surface area contributed by atoms with Gasteiger partial charge in [-0.05, 0) is 58.7 Å². The molecule has 0 radical (unpaired) electrons. The number of nitrogens with two attached hydrogens (primary N) is 1. The predicted molar refractivity (Wildman–Crippen MR) is 84.7 cm³/mol. The standard InChI is InChI=1S/C14H14Br2N2/c1-9(10-2-4-11(15)5-3-10)18-14-7-6-12(17)8-13(14)16/h2-9,18H,17H2,1H3. The molecule has 0 aliphatic carbocycles. The van der Waals surface area contributed by atoms with Crippen LogP contribution in [0.25, 0.3) is 0 Å². The fraction of sp³-hybridized carbons (Fsp3) is 0.143. The van der Waals surface area contributed by atoms with Gasteiger partial charge in [-0.3, -0.25) is 0 Å². The van der Waals surface area contributed by atoms with E-state index in [1.54, 1.807) is 0 Å². The van der Waals surface area contributed by atoms with Crippen molar-refractivity contribution in [2.45, 2.75) is 13.0 Å². The molecule has 0 saturated carbocycles. The molecule has 3 N–H and O–H groups in total. The second-order valence-electron chi connectivity index (χ2n) is 4.16. The van der Waals surface area contributed by atoms with E-state index in [4.69, 9.17) is 5.73 Å². The molecule has 18 heavy (non-hydrogen) atoms. The Kier molecular flexibility index (Phi) is 4.30. The number of anilines is 2. The van der Waals surface area contributed by atoms with Gasteiger partial charge in [-0.1, -0.05) is 28.1 Å². The van der Waals surface area contributed by atoms with E-state index in [1.165, 1.54) is 5.56 Å². The van der Waals surface area contributed by atoms with Crippen molar-refractivity contribution >= 4 is 43.2 Å². The molecule has 4 heteroatoms. The first-order chi connectivity index (χ1) is 8.56. The highest BCUT2D eigenvalue weighted by atomic mass is 79.9. The van der Waals surface area contributed by atoms with E-state index in [0.29, 0.717) is 0 Å². The van der Waals surface area contributed by atoms with Crippen LogP contribution in [-0.4, -0.2) is 0 Å². The van der Waals surface area contributed by atoms with Crippen molar-refractivity contribution in [3.8, 4) is 0 Å². The van der Waals surface area contributed by atoms with E-state index in [9.17, 15) is 0 Å². The van der Waals surface area contributed by atoms with Gasteiger partial charge >= 0.3 is 0 Å². The molecule has 2 nitrogen and oxygen atoms in total. The van der Waals surface area contributed by atoms with Crippen LogP contribution in [0.15, 0.2) is 51.4 Å². The number of rotatable bonds is 3. The first kappa shape index (κ1) is 13.4. The van der Waals surface area contributed by atoms with Crippen molar-refractivity contribution in [2.75, 3.05) is 11.1 Å². The van der Waals surface area contributed by atoms with Gasteiger partial charge in [0, 0.05) is 26.4 Å². The summed E-state index contributed by atoms with van der Waals surface area (Å²) in [5.41, 5.74) is 8.76. The minimum Gasteiger partial charge on any atom is -0.399 e. The zero-order valence-electron chi connectivity index (χ0n) is 9.95. The van der Waals surface area contributed by atoms with Crippen LogP contribution >= 0.6 is 31.9 Å². The summed E-state index contributed by atoms with van der Waals surface area (Å²) in [7, 11) is 0. The van der Waals surface area contributed by atoms with Crippen LogP contribution in [0.2, 0.25) is 0 Å². The summed E-state index contributed by atoms with van der Waals surface area (Å²) in [4.78, 5) is 0. The van der Waals surface area contributed by atoms with Gasteiger partial charge in [0.15, 0.2) is 0 Å². The second kappa shape index (κ2) is 5.76. The molecule has 94 valence electrons. The summed E-state index contributed by atoms with van der Waals surface area (Å²) in [6.07, 6.45) is 0. The van der Waals surface area contributed by atoms with Crippen molar-refractivity contribution in [3.05, 3.63) is 57.0 Å². The largest absolute Gasteiger partial charge is 0.399 e. The van der Waals surface area contributed by atoms with Crippen molar-refractivity contribution in [1.82, 2.24) is 0 Å². The highest BCUT2D eigenvalue weighted by molar-refractivity contribution is 9.10. The number of nitrogens with one attached hydrogen (secondary N) is 1. The first-order valence-electron chi connectivity index (χ1n) is 5.63. The maximum absolute atomic E-state index is 5.72. The van der Waals surface area contributed by atoms with E-state index in [0.717, 1.165) is 20.3 Å². The average Bonchev–Trinajstić information content (AvgIpc) is 2.33. The molecule has 2 aromatic rings. The van der Waals surface area contributed by atoms with Crippen molar-refractivity contribution < 1.29 is 0 Å². The molecule has 1 unspecified atom stereocenters. The molecule has 0 saturated heterocycles. The van der Waals surface area contributed by atoms with E-state index >= 15 is 0 Å². The molecule has 0 aliphatic heterocycles. The zero-order valence-corrected chi connectivity index (χ0v) is 13.1. The lowest BCUT2D eigenvalue weighted by atomic mass is 10.1. The molecule has 0 aromatic heterocycles. The monoisotopic (exact) mass is 368 g/mol. The normalized spacial score (nSPS) is 12.2. The average molecular weight is 370 g/mol. The van der Waals surface area contributed by atoms with Crippen molar-refractivity contribution in [2.24, 2.45) is 0 Å². The van der Waals surface area contributed by atoms with Crippen LogP contribution < -0.4 is 11.1 Å². The molecule has 0 heterocycles. The summed E-state index contributed by atoms with van der Waals surface area (Å²) in [5, 5.41) is 3.46. The number of hydrogen-bond donors (Lipinski definition) is 2. The minimum atomic E-state index is 0.234. The van der Waals surface area contributed by atoms with Gasteiger partial charge in [-0.25, -0.2) is 0 Å². The first-order valence-corrected chi connectivity index (χ1v) is 7.22. The summed E-state index contributed by atoms with van der Waals surface area (Å²) in [6.45, 7) is 2.13. The SMILES string of the molecule is CC(Nc1ccc(N)cc1Br)c1ccc(Br)cc1. The lowest BCUT2D eigenvalue weighted by molar-refractivity contribution is 0.883. The molecule has 0 amide bonds. The van der Waals surface area contributed by atoms with Crippen LogP contribution in [0.3, 0.4) is 0 Å². The minimum absolute atomic E-state index is 0.234. The van der Waals surface area contributed by atoms with E-state index in [1.807, 2.05) is 30.3 Å². The maximum Gasteiger partial charge on any atom is 0.0490 e. The van der Waals surface area contributed by atoms with E-state index in [2.05, 4.69) is 56.2 Å². The number of nitrogen functional groups attached to an aromatic ring is 1. The summed E-state index contributed by atoms with van der Waals surface area (Å²) >= 11 is 6.95. The Morgan fingerprint density at radius 3 is 2.33 bits per heavy atom. The molecule has 2 aromatic carbocycles. The number of halogens is 2. The molecule has 0 fully saturated rings. The molecule has 0 spiro atoms. The Morgan fingerprint density at radius 2 is 1.72 bits per heavy atom. The highest BCUT2D eigenvalue weighted by Gasteiger charge is 2.07. The fourth-order valence-corrected chi connectivity index (χ4v) is 2.49.